The van der Waals surface area contributed by atoms with Crippen LogP contribution in [-0.2, 0) is 4.79 Å². The number of halogens is 1. The minimum absolute atomic E-state index is 0.217. The van der Waals surface area contributed by atoms with Gasteiger partial charge in [-0.3, -0.25) is 4.79 Å². The molecule has 2 aromatic carbocycles. The summed E-state index contributed by atoms with van der Waals surface area (Å²) in [6.07, 6.45) is 0.394. The Balaban J connectivity index is 1.68. The van der Waals surface area contributed by atoms with Gasteiger partial charge in [-0.25, -0.2) is 4.99 Å². The molecule has 2 heterocycles. The van der Waals surface area contributed by atoms with Crippen molar-refractivity contribution in [1.29, 1.82) is 0 Å². The van der Waals surface area contributed by atoms with Gasteiger partial charge in [0.2, 0.25) is 0 Å². The Morgan fingerprint density at radius 3 is 2.79 bits per heavy atom. The number of hydrogen-bond acceptors (Lipinski definition) is 6. The van der Waals surface area contributed by atoms with Crippen LogP contribution >= 0.6 is 11.6 Å². The number of amidine groups is 1. The average molecular weight is 472 g/mol. The molecule has 0 saturated carbocycles. The maximum atomic E-state index is 12.3. The Morgan fingerprint density at radius 1 is 1.30 bits per heavy atom. The van der Waals surface area contributed by atoms with Crippen molar-refractivity contribution < 1.29 is 19.7 Å². The van der Waals surface area contributed by atoms with E-state index in [1.54, 1.807) is 32.0 Å². The minimum Gasteiger partial charge on any atom is -0.481 e. The molecule has 8 heteroatoms. The summed E-state index contributed by atoms with van der Waals surface area (Å²) in [4.78, 5) is 19.3. The van der Waals surface area contributed by atoms with Crippen molar-refractivity contribution in [2.24, 2.45) is 16.8 Å². The molecule has 1 unspecified atom stereocenters. The molecule has 0 amide bonds. The SMILES string of the molecule is CC(CC(C)(C)O)[C@@H](C(=O)O)[C@H]1CN(C2=Nc3cc(Cl)ccc3Oc3ccccc32)CCN1. The van der Waals surface area contributed by atoms with E-state index < -0.39 is 17.5 Å². The lowest BCUT2D eigenvalue weighted by Gasteiger charge is -2.40. The quantitative estimate of drug-likeness (QED) is 0.602. The van der Waals surface area contributed by atoms with Gasteiger partial charge in [-0.15, -0.1) is 0 Å². The van der Waals surface area contributed by atoms with E-state index in [1.807, 2.05) is 31.2 Å². The number of nitrogens with one attached hydrogen (secondary N) is 1. The predicted octanol–water partition coefficient (Wildman–Crippen LogP) is 4.30. The van der Waals surface area contributed by atoms with Gasteiger partial charge in [-0.1, -0.05) is 30.7 Å². The first-order chi connectivity index (χ1) is 15.6. The third-order valence-corrected chi connectivity index (χ3v) is 6.39. The lowest BCUT2D eigenvalue weighted by atomic mass is 9.80. The molecule has 1 fully saturated rings. The fraction of sp³-hybridized carbons (Fsp3) is 0.440. The van der Waals surface area contributed by atoms with Crippen LogP contribution in [0.4, 0.5) is 5.69 Å². The maximum absolute atomic E-state index is 12.3. The van der Waals surface area contributed by atoms with Crippen LogP contribution in [0, 0.1) is 11.8 Å². The van der Waals surface area contributed by atoms with Crippen molar-refractivity contribution in [2.45, 2.75) is 38.8 Å². The van der Waals surface area contributed by atoms with Crippen LogP contribution in [-0.4, -0.2) is 58.2 Å². The van der Waals surface area contributed by atoms with Crippen LogP contribution in [0.25, 0.3) is 0 Å². The summed E-state index contributed by atoms with van der Waals surface area (Å²) >= 11 is 6.23. The average Bonchev–Trinajstić information content (AvgIpc) is 2.89. The van der Waals surface area contributed by atoms with Gasteiger partial charge in [-0.2, -0.15) is 0 Å². The van der Waals surface area contributed by atoms with Crippen LogP contribution in [0.2, 0.25) is 5.02 Å². The van der Waals surface area contributed by atoms with Gasteiger partial charge >= 0.3 is 5.97 Å². The molecule has 3 atom stereocenters. The molecule has 2 aliphatic rings. The van der Waals surface area contributed by atoms with E-state index in [9.17, 15) is 15.0 Å². The molecule has 0 aliphatic carbocycles. The van der Waals surface area contributed by atoms with E-state index in [0.29, 0.717) is 48.3 Å². The molecule has 176 valence electrons. The number of aliphatic hydroxyl groups is 1. The van der Waals surface area contributed by atoms with Crippen LogP contribution in [0.15, 0.2) is 47.5 Å². The third kappa shape index (κ3) is 5.32. The summed E-state index contributed by atoms with van der Waals surface area (Å²) in [5, 5.41) is 24.3. The van der Waals surface area contributed by atoms with Gasteiger partial charge in [0.25, 0.3) is 0 Å². The van der Waals surface area contributed by atoms with Crippen molar-refractivity contribution >= 4 is 29.1 Å². The van der Waals surface area contributed by atoms with Crippen molar-refractivity contribution in [1.82, 2.24) is 10.2 Å². The number of nitrogens with zero attached hydrogens (tertiary/aromatic N) is 2. The molecule has 4 rings (SSSR count). The Labute approximate surface area is 199 Å². The van der Waals surface area contributed by atoms with Crippen LogP contribution < -0.4 is 10.1 Å². The zero-order chi connectivity index (χ0) is 23.8. The zero-order valence-corrected chi connectivity index (χ0v) is 19.8. The largest absolute Gasteiger partial charge is 0.481 e. The summed E-state index contributed by atoms with van der Waals surface area (Å²) in [6, 6.07) is 12.8. The van der Waals surface area contributed by atoms with E-state index in [4.69, 9.17) is 21.3 Å². The van der Waals surface area contributed by atoms with Gasteiger partial charge in [0.05, 0.1) is 17.1 Å². The third-order valence-electron chi connectivity index (χ3n) is 6.15. The normalized spacial score (nSPS) is 20.0. The number of carboxylic acid groups (broad SMARTS) is 1. The van der Waals surface area contributed by atoms with Crippen LogP contribution in [0.3, 0.4) is 0 Å². The van der Waals surface area contributed by atoms with E-state index in [1.165, 1.54) is 0 Å². The number of hydrogen-bond donors (Lipinski definition) is 3. The lowest BCUT2D eigenvalue weighted by Crippen LogP contribution is -2.58. The molecular weight excluding hydrogens is 442 g/mol. The highest BCUT2D eigenvalue weighted by Crippen LogP contribution is 2.40. The van der Waals surface area contributed by atoms with E-state index in [-0.39, 0.29) is 12.0 Å². The van der Waals surface area contributed by atoms with Crippen LogP contribution in [0.5, 0.6) is 11.5 Å². The second kappa shape index (κ2) is 9.33. The molecule has 2 aromatic rings. The number of benzene rings is 2. The predicted molar refractivity (Wildman–Crippen MR) is 129 cm³/mol. The second-order valence-electron chi connectivity index (χ2n) is 9.51. The Bertz CT molecular complexity index is 1070. The first-order valence-electron chi connectivity index (χ1n) is 11.2. The number of piperazine rings is 1. The number of carbonyl (C=O) groups is 1. The van der Waals surface area contributed by atoms with Gasteiger partial charge in [0, 0.05) is 30.7 Å². The molecule has 33 heavy (non-hydrogen) atoms. The fourth-order valence-corrected chi connectivity index (χ4v) is 5.04. The smallest absolute Gasteiger partial charge is 0.308 e. The number of fused-ring (bicyclic) bond motifs is 2. The zero-order valence-electron chi connectivity index (χ0n) is 19.1. The second-order valence-corrected chi connectivity index (χ2v) is 9.95. The van der Waals surface area contributed by atoms with Crippen LogP contribution in [0.1, 0.15) is 32.8 Å². The highest BCUT2D eigenvalue weighted by molar-refractivity contribution is 6.31. The van der Waals surface area contributed by atoms with E-state index in [2.05, 4.69) is 10.2 Å². The number of carboxylic acids is 1. The minimum atomic E-state index is -0.938. The summed E-state index contributed by atoms with van der Waals surface area (Å²) in [5.41, 5.74) is 0.544. The summed E-state index contributed by atoms with van der Waals surface area (Å²) in [5.74, 6) is 0.311. The monoisotopic (exact) mass is 471 g/mol. The van der Waals surface area contributed by atoms with Crippen molar-refractivity contribution in [2.75, 3.05) is 19.6 Å². The van der Waals surface area contributed by atoms with E-state index in [0.717, 1.165) is 11.4 Å². The first-order valence-corrected chi connectivity index (χ1v) is 11.6. The van der Waals surface area contributed by atoms with Crippen molar-refractivity contribution in [3.05, 3.63) is 53.1 Å². The highest BCUT2D eigenvalue weighted by Gasteiger charge is 2.38. The summed E-state index contributed by atoms with van der Waals surface area (Å²) < 4.78 is 6.15. The molecular formula is C25H30ClN3O4. The van der Waals surface area contributed by atoms with Gasteiger partial charge in [0.15, 0.2) is 5.75 Å². The number of aliphatic imine (C=N–C) groups is 1. The fourth-order valence-electron chi connectivity index (χ4n) is 4.88. The van der Waals surface area contributed by atoms with Gasteiger partial charge < -0.3 is 25.2 Å². The molecule has 0 aromatic heterocycles. The van der Waals surface area contributed by atoms with Gasteiger partial charge in [0.1, 0.15) is 17.3 Å². The Hall–Kier alpha value is -2.61. The molecule has 1 saturated heterocycles. The molecule has 7 nitrogen and oxygen atoms in total. The lowest BCUT2D eigenvalue weighted by molar-refractivity contribution is -0.145. The number of para-hydroxylation sites is 1. The standard InChI is InChI=1S/C25H30ClN3O4/c1-15(13-25(2,3)32)22(24(30)31)19-14-29(11-10-27-19)23-17-6-4-5-7-20(17)33-21-9-8-16(26)12-18(21)28-23/h4-9,12,15,19,22,27,32H,10-11,13-14H2,1-3H3,(H,30,31)/t15?,19-,22-/m1/s1. The van der Waals surface area contributed by atoms with Crippen molar-refractivity contribution in [3.8, 4) is 11.5 Å². The molecule has 0 radical (unpaired) electrons. The van der Waals surface area contributed by atoms with Crippen molar-refractivity contribution in [3.63, 3.8) is 0 Å². The number of ether oxygens (including phenoxy) is 1. The molecule has 3 N–H and O–H groups in total. The highest BCUT2D eigenvalue weighted by atomic mass is 35.5. The Kier molecular flexibility index (Phi) is 6.66. The maximum Gasteiger partial charge on any atom is 0.308 e. The first kappa shape index (κ1) is 23.5. The number of rotatable bonds is 5. The summed E-state index contributed by atoms with van der Waals surface area (Å²) in [6.45, 7) is 7.07. The topological polar surface area (TPSA) is 94.4 Å². The number of aliphatic carboxylic acids is 1. The Morgan fingerprint density at radius 2 is 2.06 bits per heavy atom. The molecule has 2 aliphatic heterocycles. The van der Waals surface area contributed by atoms with E-state index >= 15 is 0 Å². The molecule has 0 spiro atoms. The molecule has 0 bridgehead atoms. The summed E-state index contributed by atoms with van der Waals surface area (Å²) in [7, 11) is 0. The van der Waals surface area contributed by atoms with Gasteiger partial charge in [-0.05, 0) is 56.5 Å².